The lowest BCUT2D eigenvalue weighted by Gasteiger charge is -2.15. The zero-order valence-electron chi connectivity index (χ0n) is 16.9. The molecule has 1 saturated carbocycles. The van der Waals surface area contributed by atoms with Crippen LogP contribution in [0.5, 0.6) is 5.75 Å². The number of unbranched alkanes of at least 4 members (excludes halogenated alkanes) is 2. The Labute approximate surface area is 163 Å². The van der Waals surface area contributed by atoms with Crippen LogP contribution >= 0.6 is 0 Å². The molecular weight excluding hydrogens is 340 g/mol. The smallest absolute Gasteiger partial charge is 0.223 e. The van der Waals surface area contributed by atoms with Gasteiger partial charge in [0, 0.05) is 38.2 Å². The number of nitrogens with zero attached hydrogens (tertiary/aromatic N) is 1. The molecule has 0 atom stereocenters. The third-order valence-electron chi connectivity index (χ3n) is 4.56. The quantitative estimate of drug-likeness (QED) is 0.316. The van der Waals surface area contributed by atoms with E-state index in [1.165, 1.54) is 18.4 Å². The van der Waals surface area contributed by atoms with Crippen LogP contribution in [0.1, 0.15) is 50.2 Å². The van der Waals surface area contributed by atoms with E-state index in [0.29, 0.717) is 25.6 Å². The van der Waals surface area contributed by atoms with Gasteiger partial charge in [0.1, 0.15) is 5.75 Å². The number of hydrogen-bond acceptors (Lipinski definition) is 3. The van der Waals surface area contributed by atoms with E-state index in [4.69, 9.17) is 4.74 Å². The molecule has 27 heavy (non-hydrogen) atoms. The molecule has 6 heteroatoms. The van der Waals surface area contributed by atoms with Gasteiger partial charge >= 0.3 is 0 Å². The van der Waals surface area contributed by atoms with E-state index in [1.54, 1.807) is 7.05 Å². The maximum Gasteiger partial charge on any atom is 0.223 e. The topological polar surface area (TPSA) is 74.8 Å². The summed E-state index contributed by atoms with van der Waals surface area (Å²) in [6.07, 6.45) is 5.51. The number of guanidine groups is 1. The highest BCUT2D eigenvalue weighted by Crippen LogP contribution is 2.28. The predicted octanol–water partition coefficient (Wildman–Crippen LogP) is 2.76. The summed E-state index contributed by atoms with van der Waals surface area (Å²) >= 11 is 0. The molecule has 150 valence electrons. The van der Waals surface area contributed by atoms with E-state index in [1.807, 2.05) is 0 Å². The highest BCUT2D eigenvalue weighted by molar-refractivity contribution is 5.81. The fourth-order valence-electron chi connectivity index (χ4n) is 2.73. The summed E-state index contributed by atoms with van der Waals surface area (Å²) in [5.41, 5.74) is 2.31. The molecule has 1 fully saturated rings. The van der Waals surface area contributed by atoms with Gasteiger partial charge in [-0.25, -0.2) is 0 Å². The molecule has 1 aliphatic carbocycles. The first-order chi connectivity index (χ1) is 13.1. The minimum atomic E-state index is 0.171. The maximum atomic E-state index is 11.6. The largest absolute Gasteiger partial charge is 0.493 e. The van der Waals surface area contributed by atoms with Gasteiger partial charge in [0.05, 0.1) is 6.61 Å². The Hall–Kier alpha value is -2.24. The molecule has 3 N–H and O–H groups in total. The van der Waals surface area contributed by atoms with Gasteiger partial charge in [0.2, 0.25) is 5.91 Å². The molecular formula is C21H34N4O2. The van der Waals surface area contributed by atoms with Crippen LogP contribution in [0.25, 0.3) is 0 Å². The molecule has 1 amide bonds. The molecule has 0 heterocycles. The number of aryl methyl sites for hydroxylation is 1. The number of benzene rings is 1. The minimum absolute atomic E-state index is 0.171. The molecule has 6 nitrogen and oxygen atoms in total. The Bertz CT molecular complexity index is 627. The van der Waals surface area contributed by atoms with Gasteiger partial charge < -0.3 is 20.7 Å². The van der Waals surface area contributed by atoms with Crippen LogP contribution in [0.15, 0.2) is 23.2 Å². The minimum Gasteiger partial charge on any atom is -0.493 e. The molecule has 0 radical (unpaired) electrons. The van der Waals surface area contributed by atoms with Crippen LogP contribution in [0.4, 0.5) is 0 Å². The van der Waals surface area contributed by atoms with Crippen molar-refractivity contribution in [3.05, 3.63) is 29.3 Å². The van der Waals surface area contributed by atoms with Gasteiger partial charge in [0.25, 0.3) is 0 Å². The Balaban J connectivity index is 1.76. The number of carbonyl (C=O) groups excluding carboxylic acids is 1. The molecule has 1 aromatic carbocycles. The Morgan fingerprint density at radius 1 is 1.19 bits per heavy atom. The first-order valence-corrected chi connectivity index (χ1v) is 10.1. The van der Waals surface area contributed by atoms with Crippen molar-refractivity contribution in [2.45, 2.75) is 52.5 Å². The molecule has 1 aliphatic rings. The zero-order chi connectivity index (χ0) is 19.5. The van der Waals surface area contributed by atoms with Gasteiger partial charge in [-0.05, 0) is 37.8 Å². The van der Waals surface area contributed by atoms with Crippen LogP contribution < -0.4 is 20.7 Å². The van der Waals surface area contributed by atoms with E-state index in [0.717, 1.165) is 37.2 Å². The highest BCUT2D eigenvalue weighted by Gasteiger charge is 2.28. The van der Waals surface area contributed by atoms with E-state index < -0.39 is 0 Å². The predicted molar refractivity (Wildman–Crippen MR) is 110 cm³/mol. The molecule has 0 bridgehead atoms. The van der Waals surface area contributed by atoms with Crippen molar-refractivity contribution in [2.24, 2.45) is 10.9 Å². The summed E-state index contributed by atoms with van der Waals surface area (Å²) in [5.74, 6) is 2.07. The maximum absolute atomic E-state index is 11.6. The van der Waals surface area contributed by atoms with Gasteiger partial charge in [-0.3, -0.25) is 9.79 Å². The second-order valence-corrected chi connectivity index (χ2v) is 7.08. The summed E-state index contributed by atoms with van der Waals surface area (Å²) in [7, 11) is 1.75. The average Bonchev–Trinajstić information content (AvgIpc) is 3.51. The summed E-state index contributed by atoms with van der Waals surface area (Å²) in [4.78, 5) is 15.9. The monoisotopic (exact) mass is 374 g/mol. The number of aliphatic imine (C=N–C) groups is 1. The van der Waals surface area contributed by atoms with Gasteiger partial charge in [0.15, 0.2) is 5.96 Å². The molecule has 0 saturated heterocycles. The van der Waals surface area contributed by atoms with Crippen LogP contribution in [0.3, 0.4) is 0 Å². The second kappa shape index (κ2) is 11.5. The molecule has 1 aromatic rings. The van der Waals surface area contributed by atoms with Crippen molar-refractivity contribution in [1.82, 2.24) is 16.0 Å². The fraction of sp³-hybridized carbons (Fsp3) is 0.619. The van der Waals surface area contributed by atoms with Crippen LogP contribution in [-0.4, -0.2) is 38.6 Å². The SMILES string of the molecule is CCCCCOc1cc(C)ccc1CNC(=NC)NCCNC(=O)C1CC1. The molecule has 0 spiro atoms. The summed E-state index contributed by atoms with van der Waals surface area (Å²) in [6, 6.07) is 6.28. The molecule has 0 unspecified atom stereocenters. The van der Waals surface area contributed by atoms with Crippen molar-refractivity contribution >= 4 is 11.9 Å². The summed E-state index contributed by atoms with van der Waals surface area (Å²) in [6.45, 7) is 6.90. The van der Waals surface area contributed by atoms with Gasteiger partial charge in [-0.1, -0.05) is 31.9 Å². The first kappa shape index (κ1) is 21.1. The van der Waals surface area contributed by atoms with Gasteiger partial charge in [-0.15, -0.1) is 0 Å². The van der Waals surface area contributed by atoms with Crippen molar-refractivity contribution in [3.8, 4) is 5.75 Å². The van der Waals surface area contributed by atoms with Crippen LogP contribution in [0, 0.1) is 12.8 Å². The Morgan fingerprint density at radius 2 is 1.96 bits per heavy atom. The number of nitrogens with one attached hydrogen (secondary N) is 3. The Morgan fingerprint density at radius 3 is 2.67 bits per heavy atom. The van der Waals surface area contributed by atoms with E-state index in [-0.39, 0.29) is 11.8 Å². The zero-order valence-corrected chi connectivity index (χ0v) is 16.9. The van der Waals surface area contributed by atoms with Crippen molar-refractivity contribution < 1.29 is 9.53 Å². The van der Waals surface area contributed by atoms with E-state index in [2.05, 4.69) is 53.0 Å². The van der Waals surface area contributed by atoms with Crippen molar-refractivity contribution in [1.29, 1.82) is 0 Å². The van der Waals surface area contributed by atoms with Crippen LogP contribution in [-0.2, 0) is 11.3 Å². The lowest BCUT2D eigenvalue weighted by Crippen LogP contribution is -2.41. The standard InChI is InChI=1S/C21H34N4O2/c1-4-5-6-13-27-19-14-16(2)7-8-18(19)15-25-21(22-3)24-12-11-23-20(26)17-9-10-17/h7-8,14,17H,4-6,9-13,15H2,1-3H3,(H,23,26)(H2,22,24,25). The third kappa shape index (κ3) is 7.89. The summed E-state index contributed by atoms with van der Waals surface area (Å²) in [5, 5.41) is 9.49. The Kier molecular flexibility index (Phi) is 8.95. The average molecular weight is 375 g/mol. The number of hydrogen-bond donors (Lipinski definition) is 3. The number of amides is 1. The number of ether oxygens (including phenoxy) is 1. The van der Waals surface area contributed by atoms with E-state index >= 15 is 0 Å². The number of rotatable bonds is 11. The lowest BCUT2D eigenvalue weighted by molar-refractivity contribution is -0.122. The highest BCUT2D eigenvalue weighted by atomic mass is 16.5. The lowest BCUT2D eigenvalue weighted by atomic mass is 10.1. The number of carbonyl (C=O) groups is 1. The third-order valence-corrected chi connectivity index (χ3v) is 4.56. The molecule has 0 aliphatic heterocycles. The van der Waals surface area contributed by atoms with Crippen LogP contribution in [0.2, 0.25) is 0 Å². The first-order valence-electron chi connectivity index (χ1n) is 10.1. The summed E-state index contributed by atoms with van der Waals surface area (Å²) < 4.78 is 5.99. The molecule has 0 aromatic heterocycles. The molecule has 2 rings (SSSR count). The van der Waals surface area contributed by atoms with Crippen molar-refractivity contribution in [3.63, 3.8) is 0 Å². The normalized spacial score (nSPS) is 14.0. The fourth-order valence-corrected chi connectivity index (χ4v) is 2.73. The van der Waals surface area contributed by atoms with Crippen molar-refractivity contribution in [2.75, 3.05) is 26.7 Å². The van der Waals surface area contributed by atoms with E-state index in [9.17, 15) is 4.79 Å². The van der Waals surface area contributed by atoms with Gasteiger partial charge in [-0.2, -0.15) is 0 Å². The second-order valence-electron chi connectivity index (χ2n) is 7.08.